The lowest BCUT2D eigenvalue weighted by Crippen LogP contribution is -1.93. The number of halogens is 2. The Labute approximate surface area is 132 Å². The van der Waals surface area contributed by atoms with Crippen LogP contribution in [0.5, 0.6) is 17.4 Å². The van der Waals surface area contributed by atoms with Crippen molar-refractivity contribution in [3.8, 4) is 23.4 Å². The first-order chi connectivity index (χ1) is 10.2. The van der Waals surface area contributed by atoms with Gasteiger partial charge in [0, 0.05) is 12.3 Å². The number of ether oxygens (including phenoxy) is 2. The van der Waals surface area contributed by atoms with E-state index in [1.807, 2.05) is 6.07 Å². The molecule has 4 nitrogen and oxygen atoms in total. The minimum atomic E-state index is 0.245. The molecule has 0 aliphatic heterocycles. The van der Waals surface area contributed by atoms with Gasteiger partial charge in [0.15, 0.2) is 0 Å². The second kappa shape index (κ2) is 7.53. The van der Waals surface area contributed by atoms with Gasteiger partial charge < -0.3 is 9.47 Å². The van der Waals surface area contributed by atoms with Crippen molar-refractivity contribution in [3.05, 3.63) is 58.7 Å². The zero-order valence-corrected chi connectivity index (χ0v) is 12.3. The third-order valence-corrected chi connectivity index (χ3v) is 3.16. The van der Waals surface area contributed by atoms with Gasteiger partial charge >= 0.3 is 0 Å². The molecule has 2 aromatic rings. The lowest BCUT2D eigenvalue weighted by atomic mass is 10.3. The van der Waals surface area contributed by atoms with Crippen LogP contribution in [-0.2, 0) is 0 Å². The molecule has 0 atom stereocenters. The molecular formula is C15H10Cl2N2O2. The topological polar surface area (TPSA) is 55.1 Å². The van der Waals surface area contributed by atoms with Gasteiger partial charge in [-0.2, -0.15) is 5.26 Å². The Kier molecular flexibility index (Phi) is 5.44. The summed E-state index contributed by atoms with van der Waals surface area (Å²) in [6.07, 6.45) is 4.51. The molecule has 0 aliphatic rings. The van der Waals surface area contributed by atoms with E-state index in [2.05, 4.69) is 4.98 Å². The van der Waals surface area contributed by atoms with Gasteiger partial charge in [-0.25, -0.2) is 4.98 Å². The fourth-order valence-corrected chi connectivity index (χ4v) is 1.72. The van der Waals surface area contributed by atoms with Gasteiger partial charge in [-0.05, 0) is 36.4 Å². The lowest BCUT2D eigenvalue weighted by molar-refractivity contribution is 0.362. The average molecular weight is 321 g/mol. The SMILES string of the molecule is N#CC=CCOc1ccc(Oc2nccc(Cl)c2Cl)cc1. The minimum Gasteiger partial charge on any atom is -0.490 e. The molecule has 1 heterocycles. The van der Waals surface area contributed by atoms with E-state index in [1.54, 1.807) is 36.4 Å². The van der Waals surface area contributed by atoms with E-state index in [0.717, 1.165) is 0 Å². The van der Waals surface area contributed by atoms with Crippen LogP contribution in [0.3, 0.4) is 0 Å². The van der Waals surface area contributed by atoms with E-state index in [4.69, 9.17) is 37.9 Å². The monoisotopic (exact) mass is 320 g/mol. The first kappa shape index (κ1) is 15.2. The summed E-state index contributed by atoms with van der Waals surface area (Å²) < 4.78 is 10.9. The maximum absolute atomic E-state index is 8.35. The second-order valence-corrected chi connectivity index (χ2v) is 4.61. The lowest BCUT2D eigenvalue weighted by Gasteiger charge is -2.08. The second-order valence-electron chi connectivity index (χ2n) is 3.83. The number of allylic oxidation sites excluding steroid dienone is 1. The zero-order chi connectivity index (χ0) is 15.1. The third-order valence-electron chi connectivity index (χ3n) is 2.39. The Morgan fingerprint density at radius 2 is 1.86 bits per heavy atom. The number of nitrogens with zero attached hydrogens (tertiary/aromatic N) is 2. The van der Waals surface area contributed by atoms with E-state index in [1.165, 1.54) is 12.3 Å². The maximum Gasteiger partial charge on any atom is 0.239 e. The van der Waals surface area contributed by atoms with E-state index < -0.39 is 0 Å². The Balaban J connectivity index is 2.01. The summed E-state index contributed by atoms with van der Waals surface area (Å²) >= 11 is 11.9. The van der Waals surface area contributed by atoms with Crippen molar-refractivity contribution in [2.75, 3.05) is 6.61 Å². The summed E-state index contributed by atoms with van der Waals surface area (Å²) in [5, 5.41) is 8.99. The maximum atomic E-state index is 8.35. The van der Waals surface area contributed by atoms with Crippen LogP contribution in [0.15, 0.2) is 48.7 Å². The first-order valence-electron chi connectivity index (χ1n) is 5.96. The summed E-state index contributed by atoms with van der Waals surface area (Å²) in [5.41, 5.74) is 0. The summed E-state index contributed by atoms with van der Waals surface area (Å²) in [4.78, 5) is 4.02. The van der Waals surface area contributed by atoms with Crippen molar-refractivity contribution >= 4 is 23.2 Å². The Morgan fingerprint density at radius 3 is 2.57 bits per heavy atom. The summed E-state index contributed by atoms with van der Waals surface area (Å²) in [5.74, 6) is 1.47. The Hall–Kier alpha value is -2.22. The van der Waals surface area contributed by atoms with Crippen LogP contribution in [0.4, 0.5) is 0 Å². The molecule has 0 N–H and O–H groups in total. The van der Waals surface area contributed by atoms with Crippen LogP contribution in [0, 0.1) is 11.3 Å². The van der Waals surface area contributed by atoms with Gasteiger partial charge in [0.05, 0.1) is 11.1 Å². The molecule has 1 aromatic carbocycles. The molecule has 0 amide bonds. The molecule has 0 radical (unpaired) electrons. The predicted molar refractivity (Wildman–Crippen MR) is 81.0 cm³/mol. The van der Waals surface area contributed by atoms with E-state index in [9.17, 15) is 0 Å². The van der Waals surface area contributed by atoms with Gasteiger partial charge in [-0.15, -0.1) is 0 Å². The van der Waals surface area contributed by atoms with Crippen molar-refractivity contribution in [2.45, 2.75) is 0 Å². The van der Waals surface area contributed by atoms with Crippen molar-refractivity contribution < 1.29 is 9.47 Å². The molecule has 0 saturated carbocycles. The number of rotatable bonds is 5. The number of hydrogen-bond donors (Lipinski definition) is 0. The van der Waals surface area contributed by atoms with Crippen LogP contribution < -0.4 is 9.47 Å². The summed E-state index contributed by atoms with van der Waals surface area (Å²) in [6, 6.07) is 10.4. The molecule has 0 aliphatic carbocycles. The van der Waals surface area contributed by atoms with E-state index >= 15 is 0 Å². The fourth-order valence-electron chi connectivity index (χ4n) is 1.43. The molecule has 106 valence electrons. The van der Waals surface area contributed by atoms with Crippen LogP contribution in [0.2, 0.25) is 10.0 Å². The first-order valence-corrected chi connectivity index (χ1v) is 6.71. The average Bonchev–Trinajstić information content (AvgIpc) is 2.50. The van der Waals surface area contributed by atoms with Crippen LogP contribution in [-0.4, -0.2) is 11.6 Å². The van der Waals surface area contributed by atoms with Crippen LogP contribution in [0.1, 0.15) is 0 Å². The van der Waals surface area contributed by atoms with Gasteiger partial charge in [0.2, 0.25) is 5.88 Å². The Bertz CT molecular complexity index is 679. The third kappa shape index (κ3) is 4.38. The predicted octanol–water partition coefficient (Wildman–Crippen LogP) is 4.64. The molecule has 0 saturated heterocycles. The summed E-state index contributed by atoms with van der Waals surface area (Å²) in [6.45, 7) is 0.329. The number of hydrogen-bond acceptors (Lipinski definition) is 4. The number of benzene rings is 1. The molecule has 0 bridgehead atoms. The quantitative estimate of drug-likeness (QED) is 0.753. The van der Waals surface area contributed by atoms with Crippen molar-refractivity contribution in [1.29, 1.82) is 5.26 Å². The highest BCUT2D eigenvalue weighted by Gasteiger charge is 2.08. The molecule has 0 spiro atoms. The normalized spacial score (nSPS) is 10.3. The molecule has 1 aromatic heterocycles. The van der Waals surface area contributed by atoms with Crippen LogP contribution >= 0.6 is 23.2 Å². The smallest absolute Gasteiger partial charge is 0.239 e. The highest BCUT2D eigenvalue weighted by molar-refractivity contribution is 6.42. The highest BCUT2D eigenvalue weighted by atomic mass is 35.5. The van der Waals surface area contributed by atoms with Crippen molar-refractivity contribution in [3.63, 3.8) is 0 Å². The van der Waals surface area contributed by atoms with Gasteiger partial charge in [0.1, 0.15) is 23.1 Å². The van der Waals surface area contributed by atoms with Crippen molar-refractivity contribution in [1.82, 2.24) is 4.98 Å². The standard InChI is InChI=1S/C15H10Cl2N2O2/c16-13-7-9-19-15(14(13)17)21-12-5-3-11(4-6-12)20-10-2-1-8-18/h1-7,9H,10H2. The highest BCUT2D eigenvalue weighted by Crippen LogP contribution is 2.32. The van der Waals surface area contributed by atoms with Gasteiger partial charge in [-0.3, -0.25) is 0 Å². The minimum absolute atomic E-state index is 0.245. The number of aromatic nitrogens is 1. The Morgan fingerprint density at radius 1 is 1.14 bits per heavy atom. The van der Waals surface area contributed by atoms with Gasteiger partial charge in [0.25, 0.3) is 0 Å². The van der Waals surface area contributed by atoms with Crippen LogP contribution in [0.25, 0.3) is 0 Å². The number of nitriles is 1. The van der Waals surface area contributed by atoms with E-state index in [-0.39, 0.29) is 10.9 Å². The molecule has 0 fully saturated rings. The molecule has 2 rings (SSSR count). The van der Waals surface area contributed by atoms with E-state index in [0.29, 0.717) is 23.1 Å². The largest absolute Gasteiger partial charge is 0.490 e. The van der Waals surface area contributed by atoms with Gasteiger partial charge in [-0.1, -0.05) is 23.2 Å². The fraction of sp³-hybridized carbons (Fsp3) is 0.0667. The summed E-state index contributed by atoms with van der Waals surface area (Å²) in [7, 11) is 0. The molecular weight excluding hydrogens is 311 g/mol. The zero-order valence-electron chi connectivity index (χ0n) is 10.8. The number of pyridine rings is 1. The van der Waals surface area contributed by atoms with Crippen molar-refractivity contribution in [2.24, 2.45) is 0 Å². The molecule has 0 unspecified atom stereocenters. The molecule has 6 heteroatoms. The molecule has 21 heavy (non-hydrogen) atoms.